The van der Waals surface area contributed by atoms with Crippen molar-refractivity contribution in [3.8, 4) is 0 Å². The van der Waals surface area contributed by atoms with Crippen LogP contribution in [-0.2, 0) is 19.1 Å². The van der Waals surface area contributed by atoms with E-state index in [2.05, 4.69) is 11.5 Å². The fraction of sp³-hybridized carbons (Fsp3) is 0.714. The molecule has 2 bridgehead atoms. The molecule has 2 saturated heterocycles. The molecule has 19 heavy (non-hydrogen) atoms. The molecule has 0 aliphatic carbocycles. The summed E-state index contributed by atoms with van der Waals surface area (Å²) in [5, 5.41) is 0. The predicted molar refractivity (Wildman–Crippen MR) is 69.4 cm³/mol. The molecule has 0 radical (unpaired) electrons. The molecule has 2 aliphatic rings. The minimum atomic E-state index is -0.223. The maximum Gasteiger partial charge on any atom is 0.319 e. The average molecular weight is 267 g/mol. The Morgan fingerprint density at radius 2 is 1.79 bits per heavy atom. The van der Waals surface area contributed by atoms with Crippen molar-refractivity contribution in [1.82, 2.24) is 4.90 Å². The first-order valence-corrected chi connectivity index (χ1v) is 6.62. The van der Waals surface area contributed by atoms with Crippen molar-refractivity contribution >= 4 is 11.9 Å². The third-order valence-corrected chi connectivity index (χ3v) is 4.17. The first-order chi connectivity index (χ1) is 9.05. The zero-order chi connectivity index (χ0) is 14.0. The van der Waals surface area contributed by atoms with Crippen LogP contribution in [0.25, 0.3) is 0 Å². The Morgan fingerprint density at radius 3 is 2.26 bits per heavy atom. The Bertz CT molecular complexity index is 375. The maximum atomic E-state index is 11.7. The highest BCUT2D eigenvalue weighted by molar-refractivity contribution is 5.73. The van der Waals surface area contributed by atoms with E-state index in [-0.39, 0.29) is 29.9 Å². The van der Waals surface area contributed by atoms with Gasteiger partial charge in [0.1, 0.15) is 0 Å². The second-order valence-electron chi connectivity index (χ2n) is 5.41. The smallest absolute Gasteiger partial charge is 0.319 e. The normalized spacial score (nSPS) is 30.8. The molecule has 2 heterocycles. The van der Waals surface area contributed by atoms with Gasteiger partial charge in [0.05, 0.1) is 26.7 Å². The number of piperidine rings is 2. The van der Waals surface area contributed by atoms with Crippen LogP contribution < -0.4 is 0 Å². The fourth-order valence-electron chi connectivity index (χ4n) is 3.30. The van der Waals surface area contributed by atoms with Crippen molar-refractivity contribution in [2.45, 2.75) is 37.8 Å². The first kappa shape index (κ1) is 14.1. The van der Waals surface area contributed by atoms with E-state index in [1.54, 1.807) is 0 Å². The lowest BCUT2D eigenvalue weighted by molar-refractivity contribution is -0.151. The summed E-state index contributed by atoms with van der Waals surface area (Å²) in [6.07, 6.45) is 3.17. The highest BCUT2D eigenvalue weighted by atomic mass is 16.5. The third kappa shape index (κ3) is 2.97. The Morgan fingerprint density at radius 1 is 1.21 bits per heavy atom. The zero-order valence-corrected chi connectivity index (χ0v) is 11.6. The van der Waals surface area contributed by atoms with E-state index in [9.17, 15) is 9.59 Å². The number of nitrogens with zero attached hydrogens (tertiary/aromatic N) is 1. The molecule has 0 spiro atoms. The van der Waals surface area contributed by atoms with Crippen LogP contribution in [0.2, 0.25) is 0 Å². The summed E-state index contributed by atoms with van der Waals surface area (Å²) < 4.78 is 9.59. The topological polar surface area (TPSA) is 55.8 Å². The van der Waals surface area contributed by atoms with Gasteiger partial charge in [-0.1, -0.05) is 12.2 Å². The second-order valence-corrected chi connectivity index (χ2v) is 5.41. The number of rotatable bonds is 3. The molecule has 5 heteroatoms. The molecule has 0 aromatic carbocycles. The van der Waals surface area contributed by atoms with Crippen molar-refractivity contribution < 1.29 is 19.1 Å². The van der Waals surface area contributed by atoms with Crippen molar-refractivity contribution in [2.24, 2.45) is 5.92 Å². The fourth-order valence-corrected chi connectivity index (χ4v) is 3.30. The molecule has 2 rings (SSSR count). The first-order valence-electron chi connectivity index (χ1n) is 6.62. The molecule has 0 amide bonds. The van der Waals surface area contributed by atoms with Crippen LogP contribution in [0.1, 0.15) is 25.7 Å². The van der Waals surface area contributed by atoms with Gasteiger partial charge < -0.3 is 9.47 Å². The summed E-state index contributed by atoms with van der Waals surface area (Å²) in [5.74, 6) is -0.416. The molecule has 2 atom stereocenters. The van der Waals surface area contributed by atoms with Crippen LogP contribution in [0.5, 0.6) is 0 Å². The summed E-state index contributed by atoms with van der Waals surface area (Å²) in [6.45, 7) is 4.36. The van der Waals surface area contributed by atoms with Gasteiger partial charge in [0, 0.05) is 12.1 Å². The molecule has 5 nitrogen and oxygen atoms in total. The lowest BCUT2D eigenvalue weighted by Gasteiger charge is -2.48. The summed E-state index contributed by atoms with van der Waals surface area (Å²) in [6, 6.07) is 0.395. The number of fused-ring (bicyclic) bond motifs is 2. The van der Waals surface area contributed by atoms with Crippen molar-refractivity contribution in [2.75, 3.05) is 20.8 Å². The molecule has 2 fully saturated rings. The molecular weight excluding hydrogens is 246 g/mol. The predicted octanol–water partition coefficient (Wildman–Crippen LogP) is 1.13. The van der Waals surface area contributed by atoms with Crippen LogP contribution in [0.15, 0.2) is 12.2 Å². The number of carbonyl (C=O) groups excluding carboxylic acids is 2. The van der Waals surface area contributed by atoms with Gasteiger partial charge in [-0.05, 0) is 25.7 Å². The maximum absolute atomic E-state index is 11.7. The van der Waals surface area contributed by atoms with Gasteiger partial charge in [-0.3, -0.25) is 14.5 Å². The zero-order valence-electron chi connectivity index (χ0n) is 11.6. The Labute approximate surface area is 113 Å². The van der Waals surface area contributed by atoms with E-state index in [0.29, 0.717) is 6.54 Å². The van der Waals surface area contributed by atoms with Gasteiger partial charge in [-0.25, -0.2) is 0 Å². The number of hydrogen-bond acceptors (Lipinski definition) is 5. The minimum absolute atomic E-state index is 0.0537. The third-order valence-electron chi connectivity index (χ3n) is 4.17. The quantitative estimate of drug-likeness (QED) is 0.567. The van der Waals surface area contributed by atoms with E-state index in [4.69, 9.17) is 9.47 Å². The highest BCUT2D eigenvalue weighted by Crippen LogP contribution is 2.38. The Balaban J connectivity index is 2.10. The van der Waals surface area contributed by atoms with Gasteiger partial charge >= 0.3 is 11.9 Å². The number of methoxy groups -OCH3 is 2. The van der Waals surface area contributed by atoms with Crippen LogP contribution in [0.4, 0.5) is 0 Å². The van der Waals surface area contributed by atoms with E-state index < -0.39 is 0 Å². The van der Waals surface area contributed by atoms with Gasteiger partial charge in [-0.2, -0.15) is 0 Å². The van der Waals surface area contributed by atoms with Crippen LogP contribution in [0, 0.1) is 5.92 Å². The lowest BCUT2D eigenvalue weighted by Crippen LogP contribution is -2.55. The van der Waals surface area contributed by atoms with E-state index >= 15 is 0 Å². The minimum Gasteiger partial charge on any atom is -0.469 e. The van der Waals surface area contributed by atoms with Gasteiger partial charge in [0.15, 0.2) is 0 Å². The van der Waals surface area contributed by atoms with Gasteiger partial charge in [0.2, 0.25) is 0 Å². The van der Waals surface area contributed by atoms with Crippen LogP contribution in [0.3, 0.4) is 0 Å². The van der Waals surface area contributed by atoms with Crippen LogP contribution >= 0.6 is 0 Å². The molecule has 0 saturated carbocycles. The molecule has 2 aliphatic heterocycles. The van der Waals surface area contributed by atoms with Crippen molar-refractivity contribution in [3.05, 3.63) is 12.2 Å². The van der Waals surface area contributed by atoms with Crippen molar-refractivity contribution in [3.63, 3.8) is 0 Å². The number of esters is 2. The SMILES string of the molecule is C=C1CC2CC(C(=O)OC)CC(C1)N2CC(=O)OC. The van der Waals surface area contributed by atoms with E-state index in [1.165, 1.54) is 19.8 Å². The van der Waals surface area contributed by atoms with E-state index in [0.717, 1.165) is 25.7 Å². The van der Waals surface area contributed by atoms with Gasteiger partial charge in [-0.15, -0.1) is 0 Å². The molecular formula is C14H21NO4. The number of hydrogen-bond donors (Lipinski definition) is 0. The molecule has 2 unspecified atom stereocenters. The van der Waals surface area contributed by atoms with Crippen molar-refractivity contribution in [1.29, 1.82) is 0 Å². The summed E-state index contributed by atoms with van der Waals surface area (Å²) >= 11 is 0. The standard InChI is InChI=1S/C14H21NO4/c1-9-4-11-6-10(14(17)19-3)7-12(5-9)15(11)8-13(16)18-2/h10-12H,1,4-8H2,2-3H3. The Hall–Kier alpha value is -1.36. The summed E-state index contributed by atoms with van der Waals surface area (Å²) in [4.78, 5) is 25.4. The average Bonchev–Trinajstić information content (AvgIpc) is 2.38. The number of ether oxygens (including phenoxy) is 2. The molecule has 0 N–H and O–H groups in total. The monoisotopic (exact) mass is 267 g/mol. The van der Waals surface area contributed by atoms with E-state index in [1.807, 2.05) is 0 Å². The van der Waals surface area contributed by atoms with Crippen LogP contribution in [-0.4, -0.2) is 49.7 Å². The largest absolute Gasteiger partial charge is 0.469 e. The summed E-state index contributed by atoms with van der Waals surface area (Å²) in [5.41, 5.74) is 1.21. The highest BCUT2D eigenvalue weighted by Gasteiger charge is 2.42. The number of carbonyl (C=O) groups is 2. The molecule has 0 aromatic heterocycles. The molecule has 106 valence electrons. The Kier molecular flexibility index (Phi) is 4.24. The molecule has 0 aromatic rings. The summed E-state index contributed by atoms with van der Waals surface area (Å²) in [7, 11) is 2.83. The lowest BCUT2D eigenvalue weighted by atomic mass is 9.77. The van der Waals surface area contributed by atoms with Gasteiger partial charge in [0.25, 0.3) is 0 Å². The second kappa shape index (κ2) is 5.74.